The Bertz CT molecular complexity index is 591. The van der Waals surface area contributed by atoms with Crippen molar-refractivity contribution >= 4 is 0 Å². The number of phenols is 1. The Hall–Kier alpha value is -2.44. The maximum atomic E-state index is 9.34. The van der Waals surface area contributed by atoms with Crippen LogP contribution < -0.4 is 4.74 Å². The molecule has 96 valence electrons. The second kappa shape index (κ2) is 6.48. The second-order valence-electron chi connectivity index (χ2n) is 3.94. The highest BCUT2D eigenvalue weighted by molar-refractivity contribution is 5.38. The molecule has 0 aliphatic carbocycles. The largest absolute Gasteiger partial charge is 0.508 e. The fraction of sp³-hybridized carbons (Fsp3) is 0.125. The van der Waals surface area contributed by atoms with E-state index in [0.717, 1.165) is 16.9 Å². The van der Waals surface area contributed by atoms with Crippen LogP contribution in [-0.2, 0) is 6.61 Å². The number of hydrogen-bond acceptors (Lipinski definition) is 3. The van der Waals surface area contributed by atoms with Crippen molar-refractivity contribution in [3.63, 3.8) is 0 Å². The van der Waals surface area contributed by atoms with E-state index in [-0.39, 0.29) is 12.4 Å². The molecular formula is C16H14O3. The molecule has 0 heterocycles. The summed E-state index contributed by atoms with van der Waals surface area (Å²) in [5, 5.41) is 17.9. The molecule has 0 atom stereocenters. The van der Waals surface area contributed by atoms with Gasteiger partial charge in [-0.2, -0.15) is 0 Å². The summed E-state index contributed by atoms with van der Waals surface area (Å²) >= 11 is 0. The van der Waals surface area contributed by atoms with E-state index < -0.39 is 0 Å². The zero-order chi connectivity index (χ0) is 13.5. The van der Waals surface area contributed by atoms with Crippen LogP contribution >= 0.6 is 0 Å². The summed E-state index contributed by atoms with van der Waals surface area (Å²) in [5.74, 6) is 6.37. The van der Waals surface area contributed by atoms with Crippen LogP contribution in [0.4, 0.5) is 0 Å². The SMILES string of the molecule is OCC#Cc1ccc(OCc2cccc(O)c2)cc1. The molecule has 0 saturated carbocycles. The van der Waals surface area contributed by atoms with Crippen LogP contribution in [0, 0.1) is 11.8 Å². The van der Waals surface area contributed by atoms with E-state index >= 15 is 0 Å². The van der Waals surface area contributed by atoms with Gasteiger partial charge in [-0.15, -0.1) is 0 Å². The lowest BCUT2D eigenvalue weighted by Gasteiger charge is -2.06. The molecule has 0 aliphatic heterocycles. The van der Waals surface area contributed by atoms with Crippen molar-refractivity contribution in [3.05, 3.63) is 59.7 Å². The van der Waals surface area contributed by atoms with Crippen LogP contribution in [-0.4, -0.2) is 16.8 Å². The first-order chi connectivity index (χ1) is 9.28. The van der Waals surface area contributed by atoms with Crippen LogP contribution in [0.15, 0.2) is 48.5 Å². The lowest BCUT2D eigenvalue weighted by molar-refractivity contribution is 0.305. The lowest BCUT2D eigenvalue weighted by atomic mass is 10.2. The smallest absolute Gasteiger partial charge is 0.119 e. The molecule has 2 aromatic rings. The quantitative estimate of drug-likeness (QED) is 0.826. The van der Waals surface area contributed by atoms with Gasteiger partial charge >= 0.3 is 0 Å². The summed E-state index contributed by atoms with van der Waals surface area (Å²) < 4.78 is 5.60. The fourth-order valence-electron chi connectivity index (χ4n) is 1.59. The van der Waals surface area contributed by atoms with Gasteiger partial charge in [-0.25, -0.2) is 0 Å². The molecule has 2 aromatic carbocycles. The van der Waals surface area contributed by atoms with Gasteiger partial charge in [-0.3, -0.25) is 0 Å². The Morgan fingerprint density at radius 1 is 1.05 bits per heavy atom. The van der Waals surface area contributed by atoms with Gasteiger partial charge in [0.1, 0.15) is 24.7 Å². The molecule has 0 aliphatic rings. The van der Waals surface area contributed by atoms with Gasteiger partial charge in [0.2, 0.25) is 0 Å². The third kappa shape index (κ3) is 4.06. The van der Waals surface area contributed by atoms with E-state index in [2.05, 4.69) is 11.8 Å². The Balaban J connectivity index is 1.96. The summed E-state index contributed by atoms with van der Waals surface area (Å²) in [6.45, 7) is 0.256. The molecule has 0 radical (unpaired) electrons. The zero-order valence-corrected chi connectivity index (χ0v) is 10.3. The Kier molecular flexibility index (Phi) is 4.44. The van der Waals surface area contributed by atoms with Gasteiger partial charge in [0.25, 0.3) is 0 Å². The minimum absolute atomic E-state index is 0.143. The highest BCUT2D eigenvalue weighted by Crippen LogP contribution is 2.16. The van der Waals surface area contributed by atoms with Crippen LogP contribution in [0.25, 0.3) is 0 Å². The number of benzene rings is 2. The monoisotopic (exact) mass is 254 g/mol. The highest BCUT2D eigenvalue weighted by atomic mass is 16.5. The number of rotatable bonds is 3. The summed E-state index contributed by atoms with van der Waals surface area (Å²) in [7, 11) is 0. The molecule has 0 saturated heterocycles. The van der Waals surface area contributed by atoms with Gasteiger partial charge < -0.3 is 14.9 Å². The molecule has 2 rings (SSSR count). The minimum Gasteiger partial charge on any atom is -0.508 e. The molecule has 0 bridgehead atoms. The van der Waals surface area contributed by atoms with Crippen LogP contribution in [0.5, 0.6) is 11.5 Å². The second-order valence-corrected chi connectivity index (χ2v) is 3.94. The molecule has 0 spiro atoms. The third-order valence-corrected chi connectivity index (χ3v) is 2.48. The fourth-order valence-corrected chi connectivity index (χ4v) is 1.59. The van der Waals surface area contributed by atoms with Crippen molar-refractivity contribution in [2.75, 3.05) is 6.61 Å². The van der Waals surface area contributed by atoms with Gasteiger partial charge in [0.05, 0.1) is 0 Å². The number of aromatic hydroxyl groups is 1. The van der Waals surface area contributed by atoms with E-state index in [9.17, 15) is 5.11 Å². The van der Waals surface area contributed by atoms with Crippen molar-refractivity contribution in [2.24, 2.45) is 0 Å². The van der Waals surface area contributed by atoms with E-state index in [4.69, 9.17) is 9.84 Å². The number of aliphatic hydroxyl groups excluding tert-OH is 1. The first kappa shape index (κ1) is 13.0. The van der Waals surface area contributed by atoms with Crippen LogP contribution in [0.1, 0.15) is 11.1 Å². The number of phenolic OH excluding ortho intramolecular Hbond substituents is 1. The average Bonchev–Trinajstić information content (AvgIpc) is 2.44. The predicted molar refractivity (Wildman–Crippen MR) is 72.8 cm³/mol. The van der Waals surface area contributed by atoms with Crippen molar-refractivity contribution in [3.8, 4) is 23.3 Å². The standard InChI is InChI=1S/C16H14O3/c17-10-2-4-13-6-8-16(9-7-13)19-12-14-3-1-5-15(18)11-14/h1,3,5-9,11,17-18H,10,12H2. The maximum Gasteiger partial charge on any atom is 0.119 e. The van der Waals surface area contributed by atoms with Gasteiger partial charge in [0.15, 0.2) is 0 Å². The minimum atomic E-state index is -0.143. The lowest BCUT2D eigenvalue weighted by Crippen LogP contribution is -1.94. The molecule has 0 aromatic heterocycles. The molecule has 0 unspecified atom stereocenters. The molecule has 2 N–H and O–H groups in total. The van der Waals surface area contributed by atoms with Gasteiger partial charge in [-0.05, 0) is 42.0 Å². The first-order valence-corrected chi connectivity index (χ1v) is 5.88. The highest BCUT2D eigenvalue weighted by Gasteiger charge is 1.97. The molecular weight excluding hydrogens is 240 g/mol. The van der Waals surface area contributed by atoms with Gasteiger partial charge in [0, 0.05) is 5.56 Å². The third-order valence-electron chi connectivity index (χ3n) is 2.48. The van der Waals surface area contributed by atoms with Crippen LogP contribution in [0.2, 0.25) is 0 Å². The van der Waals surface area contributed by atoms with Gasteiger partial charge in [-0.1, -0.05) is 24.0 Å². The predicted octanol–water partition coefficient (Wildman–Crippen LogP) is 2.32. The molecule has 0 fully saturated rings. The Labute approximate surface area is 112 Å². The summed E-state index contributed by atoms with van der Waals surface area (Å²) in [4.78, 5) is 0. The summed E-state index contributed by atoms with van der Waals surface area (Å²) in [5.41, 5.74) is 1.74. The number of hydrogen-bond donors (Lipinski definition) is 2. The molecule has 3 heteroatoms. The van der Waals surface area contributed by atoms with E-state index in [1.165, 1.54) is 0 Å². The van der Waals surface area contributed by atoms with Crippen molar-refractivity contribution in [2.45, 2.75) is 6.61 Å². The summed E-state index contributed by atoms with van der Waals surface area (Å²) in [6, 6.07) is 14.3. The Morgan fingerprint density at radius 2 is 1.84 bits per heavy atom. The first-order valence-electron chi connectivity index (χ1n) is 5.88. The number of aliphatic hydroxyl groups is 1. The van der Waals surface area contributed by atoms with E-state index in [1.54, 1.807) is 18.2 Å². The van der Waals surface area contributed by atoms with E-state index in [1.807, 2.05) is 30.3 Å². The van der Waals surface area contributed by atoms with Crippen molar-refractivity contribution < 1.29 is 14.9 Å². The molecule has 19 heavy (non-hydrogen) atoms. The Morgan fingerprint density at radius 3 is 2.53 bits per heavy atom. The van der Waals surface area contributed by atoms with Crippen molar-refractivity contribution in [1.29, 1.82) is 0 Å². The zero-order valence-electron chi connectivity index (χ0n) is 10.3. The van der Waals surface area contributed by atoms with Crippen molar-refractivity contribution in [1.82, 2.24) is 0 Å². The maximum absolute atomic E-state index is 9.34. The topological polar surface area (TPSA) is 49.7 Å². The summed E-state index contributed by atoms with van der Waals surface area (Å²) in [6.07, 6.45) is 0. The average molecular weight is 254 g/mol. The molecule has 0 amide bonds. The van der Waals surface area contributed by atoms with Crippen LogP contribution in [0.3, 0.4) is 0 Å². The normalized spacial score (nSPS) is 9.53. The number of ether oxygens (including phenoxy) is 1. The van der Waals surface area contributed by atoms with E-state index in [0.29, 0.717) is 6.61 Å². The molecule has 3 nitrogen and oxygen atoms in total.